The molecule has 0 saturated carbocycles. The van der Waals surface area contributed by atoms with Crippen LogP contribution >= 0.6 is 0 Å². The normalized spacial score (nSPS) is 14.8. The quantitative estimate of drug-likeness (QED) is 0.699. The van der Waals surface area contributed by atoms with Crippen molar-refractivity contribution in [2.75, 3.05) is 29.9 Å². The monoisotopic (exact) mass is 367 g/mol. The second-order valence-electron chi connectivity index (χ2n) is 6.99. The largest absolute Gasteiger partial charge is 0.371 e. The highest BCUT2D eigenvalue weighted by Gasteiger charge is 2.20. The Morgan fingerprint density at radius 2 is 1.81 bits per heavy atom. The van der Waals surface area contributed by atoms with Crippen molar-refractivity contribution in [3.63, 3.8) is 0 Å². The number of nitrogens with zero attached hydrogens (tertiary/aromatic N) is 3. The summed E-state index contributed by atoms with van der Waals surface area (Å²) < 4.78 is 0. The number of amides is 1. The molecular weight excluding hydrogens is 338 g/mol. The van der Waals surface area contributed by atoms with E-state index < -0.39 is 0 Å². The third-order valence-corrected chi connectivity index (χ3v) is 4.95. The van der Waals surface area contributed by atoms with Crippen molar-refractivity contribution >= 4 is 17.5 Å². The Labute approximate surface area is 161 Å². The van der Waals surface area contributed by atoms with Crippen LogP contribution in [0.15, 0.2) is 42.7 Å². The molecule has 6 heteroatoms. The number of hydrogen-bond donors (Lipinski definition) is 2. The van der Waals surface area contributed by atoms with E-state index in [2.05, 4.69) is 44.6 Å². The van der Waals surface area contributed by atoms with Gasteiger partial charge in [-0.25, -0.2) is 9.97 Å². The van der Waals surface area contributed by atoms with Crippen LogP contribution in [0.3, 0.4) is 0 Å². The summed E-state index contributed by atoms with van der Waals surface area (Å²) in [6.07, 6.45) is 8.95. The van der Waals surface area contributed by atoms with Crippen LogP contribution in [0.5, 0.6) is 0 Å². The molecule has 1 aromatic carbocycles. The summed E-state index contributed by atoms with van der Waals surface area (Å²) in [5.74, 6) is 0.716. The van der Waals surface area contributed by atoms with Crippen molar-refractivity contribution in [3.8, 4) is 0 Å². The maximum Gasteiger partial charge on any atom is 0.251 e. The van der Waals surface area contributed by atoms with Gasteiger partial charge in [-0.15, -0.1) is 0 Å². The smallest absolute Gasteiger partial charge is 0.251 e. The number of rotatable bonds is 8. The van der Waals surface area contributed by atoms with E-state index in [-0.39, 0.29) is 5.91 Å². The molecule has 0 unspecified atom stereocenters. The van der Waals surface area contributed by atoms with Crippen molar-refractivity contribution in [1.29, 1.82) is 0 Å². The van der Waals surface area contributed by atoms with Crippen LogP contribution in [0, 0.1) is 0 Å². The van der Waals surface area contributed by atoms with Gasteiger partial charge in [-0.1, -0.05) is 19.8 Å². The van der Waals surface area contributed by atoms with Gasteiger partial charge < -0.3 is 15.5 Å². The van der Waals surface area contributed by atoms with Crippen LogP contribution in [0.2, 0.25) is 0 Å². The molecule has 144 valence electrons. The molecule has 6 nitrogen and oxygen atoms in total. The highest BCUT2D eigenvalue weighted by atomic mass is 16.1. The Bertz CT molecular complexity index is 696. The molecule has 2 heterocycles. The van der Waals surface area contributed by atoms with Crippen molar-refractivity contribution < 1.29 is 4.79 Å². The highest BCUT2D eigenvalue weighted by molar-refractivity contribution is 5.94. The van der Waals surface area contributed by atoms with E-state index in [0.717, 1.165) is 57.3 Å². The minimum Gasteiger partial charge on any atom is -0.371 e. The number of benzene rings is 1. The average molecular weight is 367 g/mol. The number of nitrogens with one attached hydrogen (secondary N) is 2. The zero-order valence-corrected chi connectivity index (χ0v) is 16.0. The van der Waals surface area contributed by atoms with Crippen LogP contribution in [0.1, 0.15) is 49.4 Å². The number of unbranched alkanes of at least 4 members (excludes halogenated alkanes) is 2. The zero-order valence-electron chi connectivity index (χ0n) is 16.0. The fourth-order valence-electron chi connectivity index (χ4n) is 3.34. The van der Waals surface area contributed by atoms with Crippen LogP contribution in [0.25, 0.3) is 0 Å². The molecule has 2 aromatic rings. The SMILES string of the molecule is CCCCCNC(=O)c1ccc(N2CCC(Nc3ncccn3)CC2)cc1. The van der Waals surface area contributed by atoms with Crippen molar-refractivity contribution in [2.45, 2.75) is 45.1 Å². The Kier molecular flexibility index (Phi) is 7.02. The van der Waals surface area contributed by atoms with E-state index in [4.69, 9.17) is 0 Å². The molecule has 27 heavy (non-hydrogen) atoms. The summed E-state index contributed by atoms with van der Waals surface area (Å²) >= 11 is 0. The van der Waals surface area contributed by atoms with Gasteiger partial charge >= 0.3 is 0 Å². The Hall–Kier alpha value is -2.63. The van der Waals surface area contributed by atoms with E-state index in [9.17, 15) is 4.79 Å². The van der Waals surface area contributed by atoms with Gasteiger partial charge in [0.05, 0.1) is 0 Å². The lowest BCUT2D eigenvalue weighted by atomic mass is 10.0. The Morgan fingerprint density at radius 3 is 2.48 bits per heavy atom. The van der Waals surface area contributed by atoms with Crippen molar-refractivity contribution in [3.05, 3.63) is 48.3 Å². The molecule has 0 radical (unpaired) electrons. The zero-order chi connectivity index (χ0) is 18.9. The summed E-state index contributed by atoms with van der Waals surface area (Å²) in [6.45, 7) is 4.87. The summed E-state index contributed by atoms with van der Waals surface area (Å²) in [6, 6.07) is 10.2. The van der Waals surface area contributed by atoms with E-state index in [1.54, 1.807) is 12.4 Å². The molecule has 0 bridgehead atoms. The molecule has 0 atom stereocenters. The van der Waals surface area contributed by atoms with Gasteiger partial charge in [-0.3, -0.25) is 4.79 Å². The first kappa shape index (κ1) is 19.1. The second-order valence-corrected chi connectivity index (χ2v) is 6.99. The summed E-state index contributed by atoms with van der Waals surface area (Å²) in [5.41, 5.74) is 1.90. The van der Waals surface area contributed by atoms with Gasteiger partial charge in [0.2, 0.25) is 5.95 Å². The fraction of sp³-hybridized carbons (Fsp3) is 0.476. The molecule has 1 fully saturated rings. The number of aromatic nitrogens is 2. The van der Waals surface area contributed by atoms with E-state index >= 15 is 0 Å². The average Bonchev–Trinajstić information content (AvgIpc) is 2.72. The lowest BCUT2D eigenvalue weighted by molar-refractivity contribution is 0.0953. The molecule has 2 N–H and O–H groups in total. The Balaban J connectivity index is 1.46. The van der Waals surface area contributed by atoms with Gasteiger partial charge in [-0.2, -0.15) is 0 Å². The van der Waals surface area contributed by atoms with Crippen LogP contribution < -0.4 is 15.5 Å². The first-order chi connectivity index (χ1) is 13.3. The fourth-order valence-corrected chi connectivity index (χ4v) is 3.34. The predicted molar refractivity (Wildman–Crippen MR) is 109 cm³/mol. The maximum absolute atomic E-state index is 12.2. The molecule has 0 spiro atoms. The highest BCUT2D eigenvalue weighted by Crippen LogP contribution is 2.21. The molecule has 0 aliphatic carbocycles. The second kappa shape index (κ2) is 9.90. The molecule has 1 saturated heterocycles. The molecular formula is C21H29N5O. The van der Waals surface area contributed by atoms with Gasteiger partial charge in [0.25, 0.3) is 5.91 Å². The van der Waals surface area contributed by atoms with Gasteiger partial charge in [0.15, 0.2) is 0 Å². The van der Waals surface area contributed by atoms with Crippen LogP contribution in [0.4, 0.5) is 11.6 Å². The number of piperidine rings is 1. The van der Waals surface area contributed by atoms with Crippen molar-refractivity contribution in [2.24, 2.45) is 0 Å². The molecule has 3 rings (SSSR count). The van der Waals surface area contributed by atoms with E-state index in [1.165, 1.54) is 5.69 Å². The first-order valence-corrected chi connectivity index (χ1v) is 9.93. The third kappa shape index (κ3) is 5.67. The van der Waals surface area contributed by atoms with Crippen LogP contribution in [-0.4, -0.2) is 41.6 Å². The molecule has 1 aliphatic rings. The minimum atomic E-state index is 0.0171. The number of carbonyl (C=O) groups excluding carboxylic acids is 1. The third-order valence-electron chi connectivity index (χ3n) is 4.95. The molecule has 1 amide bonds. The Morgan fingerprint density at radius 1 is 1.11 bits per heavy atom. The topological polar surface area (TPSA) is 70.2 Å². The standard InChI is InChI=1S/C21H29N5O/c1-2-3-4-12-22-20(27)17-6-8-19(9-7-17)26-15-10-18(11-16-26)25-21-23-13-5-14-24-21/h5-9,13-14,18H,2-4,10-12,15-16H2,1H3,(H,22,27)(H,23,24,25). The maximum atomic E-state index is 12.2. The lowest BCUT2D eigenvalue weighted by Crippen LogP contribution is -2.39. The van der Waals surface area contributed by atoms with Gasteiger partial charge in [0.1, 0.15) is 0 Å². The minimum absolute atomic E-state index is 0.0171. The number of hydrogen-bond acceptors (Lipinski definition) is 5. The summed E-state index contributed by atoms with van der Waals surface area (Å²) in [5, 5.41) is 6.39. The summed E-state index contributed by atoms with van der Waals surface area (Å²) in [7, 11) is 0. The van der Waals surface area contributed by atoms with Gasteiger partial charge in [-0.05, 0) is 49.6 Å². The number of carbonyl (C=O) groups is 1. The number of anilines is 2. The van der Waals surface area contributed by atoms with Crippen molar-refractivity contribution in [1.82, 2.24) is 15.3 Å². The van der Waals surface area contributed by atoms with E-state index in [1.807, 2.05) is 18.2 Å². The molecule has 1 aromatic heterocycles. The summed E-state index contributed by atoms with van der Waals surface area (Å²) in [4.78, 5) is 23.0. The van der Waals surface area contributed by atoms with Gasteiger partial charge in [0, 0.05) is 49.3 Å². The van der Waals surface area contributed by atoms with Crippen LogP contribution in [-0.2, 0) is 0 Å². The van der Waals surface area contributed by atoms with E-state index in [0.29, 0.717) is 12.0 Å². The lowest BCUT2D eigenvalue weighted by Gasteiger charge is -2.34. The molecule has 1 aliphatic heterocycles. The predicted octanol–water partition coefficient (Wildman–Crippen LogP) is 3.48. The first-order valence-electron chi connectivity index (χ1n) is 9.93.